The number of carbonyl (C=O) groups is 3. The maximum Gasteiger partial charge on any atom is 0.331 e. The Labute approximate surface area is 82.6 Å². The lowest BCUT2D eigenvalue weighted by atomic mass is 10.1. The fourth-order valence-corrected chi connectivity index (χ4v) is 0.902. The molecule has 0 unspecified atom stereocenters. The molecule has 0 amide bonds. The molecule has 0 aromatic carbocycles. The predicted molar refractivity (Wildman–Crippen MR) is 50.9 cm³/mol. The number of aldehydes is 1. The zero-order valence-corrected chi connectivity index (χ0v) is 8.16. The molecule has 1 N–H and O–H groups in total. The zero-order chi connectivity index (χ0) is 11.0. The number of allylic oxidation sites excluding steroid dienone is 1. The van der Waals surface area contributed by atoms with Crippen LogP contribution in [0.2, 0.25) is 0 Å². The van der Waals surface area contributed by atoms with Crippen LogP contribution in [0.3, 0.4) is 0 Å². The Bertz CT molecular complexity index is 253. The number of unbranched alkanes of at least 4 members (excludes halogenated alkanes) is 2. The molecule has 0 rings (SSSR count). The summed E-state index contributed by atoms with van der Waals surface area (Å²) in [7, 11) is 0. The summed E-state index contributed by atoms with van der Waals surface area (Å²) in [6, 6.07) is 0. The lowest BCUT2D eigenvalue weighted by Crippen LogP contribution is -2.01. The standard InChI is InChI=1S/C10H14O4/c1-8(10(13)14)7-9(12)5-3-2-4-6-11/h6-7H,2-5H2,1H3,(H,13,14). The molecule has 0 saturated carbocycles. The molecule has 0 aliphatic carbocycles. The summed E-state index contributed by atoms with van der Waals surface area (Å²) < 4.78 is 0. The van der Waals surface area contributed by atoms with Crippen molar-refractivity contribution in [2.24, 2.45) is 0 Å². The number of hydrogen-bond acceptors (Lipinski definition) is 3. The van der Waals surface area contributed by atoms with Gasteiger partial charge in [-0.25, -0.2) is 4.79 Å². The van der Waals surface area contributed by atoms with E-state index >= 15 is 0 Å². The first-order valence-electron chi connectivity index (χ1n) is 4.46. The molecule has 4 heteroatoms. The molecule has 4 nitrogen and oxygen atoms in total. The van der Waals surface area contributed by atoms with Gasteiger partial charge in [0.2, 0.25) is 0 Å². The second-order valence-electron chi connectivity index (χ2n) is 3.01. The molecule has 0 fully saturated rings. The maximum atomic E-state index is 11.1. The fourth-order valence-electron chi connectivity index (χ4n) is 0.902. The first-order valence-corrected chi connectivity index (χ1v) is 4.46. The Morgan fingerprint density at radius 1 is 1.29 bits per heavy atom. The number of hydrogen-bond donors (Lipinski definition) is 1. The van der Waals surface area contributed by atoms with Crippen molar-refractivity contribution < 1.29 is 19.5 Å². The van der Waals surface area contributed by atoms with E-state index in [0.717, 1.165) is 12.4 Å². The minimum Gasteiger partial charge on any atom is -0.478 e. The summed E-state index contributed by atoms with van der Waals surface area (Å²) in [4.78, 5) is 31.4. The quantitative estimate of drug-likeness (QED) is 0.380. The number of rotatable bonds is 7. The SMILES string of the molecule is CC(=CC(=O)CCCCC=O)C(=O)O. The molecule has 0 aromatic heterocycles. The zero-order valence-electron chi connectivity index (χ0n) is 8.16. The van der Waals surface area contributed by atoms with E-state index in [1.165, 1.54) is 6.92 Å². The fraction of sp³-hybridized carbons (Fsp3) is 0.500. The number of carboxylic acids is 1. The minimum atomic E-state index is -1.08. The summed E-state index contributed by atoms with van der Waals surface area (Å²) >= 11 is 0. The Morgan fingerprint density at radius 2 is 1.93 bits per heavy atom. The molecular weight excluding hydrogens is 184 g/mol. The van der Waals surface area contributed by atoms with E-state index < -0.39 is 5.97 Å². The highest BCUT2D eigenvalue weighted by Crippen LogP contribution is 2.02. The van der Waals surface area contributed by atoms with E-state index in [4.69, 9.17) is 5.11 Å². The van der Waals surface area contributed by atoms with Gasteiger partial charge in [0.25, 0.3) is 0 Å². The molecule has 0 aliphatic heterocycles. The molecule has 0 bridgehead atoms. The third-order valence-corrected chi connectivity index (χ3v) is 1.71. The van der Waals surface area contributed by atoms with Crippen LogP contribution in [-0.4, -0.2) is 23.1 Å². The average Bonchev–Trinajstić information content (AvgIpc) is 2.12. The summed E-state index contributed by atoms with van der Waals surface area (Å²) in [5.41, 5.74) is 0.0467. The Balaban J connectivity index is 3.80. The highest BCUT2D eigenvalue weighted by atomic mass is 16.4. The van der Waals surface area contributed by atoms with E-state index in [1.807, 2.05) is 0 Å². The second kappa shape index (κ2) is 7.00. The lowest BCUT2D eigenvalue weighted by Gasteiger charge is -1.95. The van der Waals surface area contributed by atoms with Gasteiger partial charge in [-0.2, -0.15) is 0 Å². The summed E-state index contributed by atoms with van der Waals surface area (Å²) in [5.74, 6) is -1.28. The number of carbonyl (C=O) groups excluding carboxylic acids is 2. The molecule has 0 aromatic rings. The van der Waals surface area contributed by atoms with Gasteiger partial charge in [-0.05, 0) is 25.8 Å². The third-order valence-electron chi connectivity index (χ3n) is 1.71. The molecule has 0 atom stereocenters. The van der Waals surface area contributed by atoms with E-state index in [-0.39, 0.29) is 11.4 Å². The largest absolute Gasteiger partial charge is 0.478 e. The van der Waals surface area contributed by atoms with Gasteiger partial charge in [-0.15, -0.1) is 0 Å². The van der Waals surface area contributed by atoms with Crippen LogP contribution < -0.4 is 0 Å². The summed E-state index contributed by atoms with van der Waals surface area (Å²) in [6.45, 7) is 1.38. The molecule has 0 radical (unpaired) electrons. The molecule has 0 saturated heterocycles. The van der Waals surface area contributed by atoms with E-state index in [9.17, 15) is 14.4 Å². The van der Waals surface area contributed by atoms with Crippen LogP contribution >= 0.6 is 0 Å². The highest BCUT2D eigenvalue weighted by molar-refractivity contribution is 5.98. The van der Waals surface area contributed by atoms with Crippen LogP contribution in [0.5, 0.6) is 0 Å². The summed E-state index contributed by atoms with van der Waals surface area (Å²) in [6.07, 6.45) is 4.00. The van der Waals surface area contributed by atoms with Crippen LogP contribution in [-0.2, 0) is 14.4 Å². The molecule has 78 valence electrons. The number of aliphatic carboxylic acids is 1. The number of carboxylic acid groups (broad SMARTS) is 1. The molecule has 0 heterocycles. The van der Waals surface area contributed by atoms with Crippen LogP contribution in [0.25, 0.3) is 0 Å². The molecular formula is C10H14O4. The van der Waals surface area contributed by atoms with Gasteiger partial charge in [-0.1, -0.05) is 0 Å². The molecule has 0 spiro atoms. The number of ketones is 1. The van der Waals surface area contributed by atoms with Gasteiger partial charge in [0.05, 0.1) is 0 Å². The first-order chi connectivity index (χ1) is 6.57. The van der Waals surface area contributed by atoms with Crippen LogP contribution in [0.15, 0.2) is 11.6 Å². The normalized spacial score (nSPS) is 11.1. The van der Waals surface area contributed by atoms with E-state index in [0.29, 0.717) is 25.7 Å². The van der Waals surface area contributed by atoms with Crippen molar-refractivity contribution in [1.29, 1.82) is 0 Å². The Morgan fingerprint density at radius 3 is 2.43 bits per heavy atom. The van der Waals surface area contributed by atoms with E-state index in [1.54, 1.807) is 0 Å². The monoisotopic (exact) mass is 198 g/mol. The smallest absolute Gasteiger partial charge is 0.331 e. The topological polar surface area (TPSA) is 71.4 Å². The second-order valence-corrected chi connectivity index (χ2v) is 3.01. The Hall–Kier alpha value is -1.45. The van der Waals surface area contributed by atoms with Crippen LogP contribution in [0.4, 0.5) is 0 Å². The van der Waals surface area contributed by atoms with Crippen molar-refractivity contribution >= 4 is 18.0 Å². The lowest BCUT2D eigenvalue weighted by molar-refractivity contribution is -0.132. The van der Waals surface area contributed by atoms with Gasteiger partial charge in [0, 0.05) is 18.4 Å². The van der Waals surface area contributed by atoms with E-state index in [2.05, 4.69) is 0 Å². The highest BCUT2D eigenvalue weighted by Gasteiger charge is 2.03. The van der Waals surface area contributed by atoms with Gasteiger partial charge >= 0.3 is 5.97 Å². The third kappa shape index (κ3) is 6.11. The maximum absolute atomic E-state index is 11.1. The summed E-state index contributed by atoms with van der Waals surface area (Å²) in [5, 5.41) is 8.47. The van der Waals surface area contributed by atoms with Crippen LogP contribution in [0.1, 0.15) is 32.6 Å². The van der Waals surface area contributed by atoms with Crippen molar-refractivity contribution in [2.45, 2.75) is 32.6 Å². The van der Waals surface area contributed by atoms with Gasteiger partial charge in [0.15, 0.2) is 5.78 Å². The van der Waals surface area contributed by atoms with Crippen molar-refractivity contribution in [3.05, 3.63) is 11.6 Å². The van der Waals surface area contributed by atoms with Crippen molar-refractivity contribution in [3.63, 3.8) is 0 Å². The average molecular weight is 198 g/mol. The van der Waals surface area contributed by atoms with Gasteiger partial charge in [0.1, 0.15) is 6.29 Å². The van der Waals surface area contributed by atoms with Crippen molar-refractivity contribution in [1.82, 2.24) is 0 Å². The van der Waals surface area contributed by atoms with Crippen molar-refractivity contribution in [3.8, 4) is 0 Å². The van der Waals surface area contributed by atoms with Gasteiger partial charge in [-0.3, -0.25) is 4.79 Å². The van der Waals surface area contributed by atoms with Crippen molar-refractivity contribution in [2.75, 3.05) is 0 Å². The van der Waals surface area contributed by atoms with Gasteiger partial charge < -0.3 is 9.90 Å². The molecule has 0 aliphatic rings. The van der Waals surface area contributed by atoms with Crippen LogP contribution in [0, 0.1) is 0 Å². The first kappa shape index (κ1) is 12.6. The Kier molecular flexibility index (Phi) is 6.28. The predicted octanol–water partition coefficient (Wildman–Crippen LogP) is 1.35. The minimum absolute atomic E-state index is 0.0467. The molecule has 14 heavy (non-hydrogen) atoms.